The second-order valence-electron chi connectivity index (χ2n) is 3.87. The lowest BCUT2D eigenvalue weighted by Gasteiger charge is -2.33. The smallest absolute Gasteiger partial charge is 0.155 e. The number of anilines is 1. The second kappa shape index (κ2) is 4.55. The maximum atomic E-state index is 5.68. The topological polar surface area (TPSA) is 58.3 Å². The van der Waals surface area contributed by atoms with Crippen molar-refractivity contribution in [1.29, 1.82) is 0 Å². The molecule has 2 heterocycles. The fourth-order valence-electron chi connectivity index (χ4n) is 1.79. The van der Waals surface area contributed by atoms with Crippen LogP contribution in [-0.2, 0) is 6.54 Å². The third-order valence-electron chi connectivity index (χ3n) is 2.80. The maximum absolute atomic E-state index is 5.68. The van der Waals surface area contributed by atoms with Gasteiger partial charge in [-0.15, -0.1) is 5.10 Å². The molecule has 82 valence electrons. The van der Waals surface area contributed by atoms with Gasteiger partial charge < -0.3 is 15.5 Å². The number of hydrogen-bond donors (Lipinski definition) is 1. The summed E-state index contributed by atoms with van der Waals surface area (Å²) in [5.74, 6) is 0.952. The zero-order chi connectivity index (χ0) is 10.7. The number of hydrogen-bond acceptors (Lipinski definition) is 5. The van der Waals surface area contributed by atoms with Gasteiger partial charge in [-0.25, -0.2) is 0 Å². The molecular weight excluding hydrogens is 190 g/mol. The van der Waals surface area contributed by atoms with E-state index in [2.05, 4.69) is 27.0 Å². The van der Waals surface area contributed by atoms with Gasteiger partial charge in [0.1, 0.15) is 0 Å². The summed E-state index contributed by atoms with van der Waals surface area (Å²) in [6.07, 6.45) is 1.70. The van der Waals surface area contributed by atoms with E-state index in [1.54, 1.807) is 6.20 Å². The van der Waals surface area contributed by atoms with Crippen LogP contribution in [0, 0.1) is 0 Å². The van der Waals surface area contributed by atoms with Crippen LogP contribution < -0.4 is 10.6 Å². The first-order valence-corrected chi connectivity index (χ1v) is 5.25. The number of piperazine rings is 1. The highest BCUT2D eigenvalue weighted by atomic mass is 15.3. The van der Waals surface area contributed by atoms with Crippen molar-refractivity contribution in [2.75, 3.05) is 38.1 Å². The van der Waals surface area contributed by atoms with Crippen molar-refractivity contribution in [2.45, 2.75) is 6.54 Å². The molecule has 5 heteroatoms. The number of nitrogens with two attached hydrogens (primary N) is 1. The molecule has 1 saturated heterocycles. The van der Waals surface area contributed by atoms with E-state index in [4.69, 9.17) is 5.73 Å². The van der Waals surface area contributed by atoms with Gasteiger partial charge in [0.15, 0.2) is 5.82 Å². The van der Waals surface area contributed by atoms with Gasteiger partial charge in [0, 0.05) is 38.3 Å². The minimum absolute atomic E-state index is 0.525. The van der Waals surface area contributed by atoms with Crippen molar-refractivity contribution < 1.29 is 0 Å². The molecule has 1 aliphatic heterocycles. The Morgan fingerprint density at radius 3 is 2.73 bits per heavy atom. The van der Waals surface area contributed by atoms with E-state index in [9.17, 15) is 0 Å². The van der Waals surface area contributed by atoms with Crippen LogP contribution in [0.4, 0.5) is 5.82 Å². The molecule has 1 aromatic rings. The zero-order valence-electron chi connectivity index (χ0n) is 9.06. The van der Waals surface area contributed by atoms with Crippen LogP contribution in [0.2, 0.25) is 0 Å². The van der Waals surface area contributed by atoms with Crippen LogP contribution in [-0.4, -0.2) is 48.3 Å². The number of rotatable bonds is 2. The third-order valence-corrected chi connectivity index (χ3v) is 2.80. The van der Waals surface area contributed by atoms with Crippen LogP contribution in [0.5, 0.6) is 0 Å². The number of aromatic nitrogens is 2. The molecule has 0 amide bonds. The Hall–Kier alpha value is -1.20. The van der Waals surface area contributed by atoms with Gasteiger partial charge in [-0.1, -0.05) is 0 Å². The summed E-state index contributed by atoms with van der Waals surface area (Å²) in [5, 5.41) is 8.10. The largest absolute Gasteiger partial charge is 0.352 e. The molecule has 15 heavy (non-hydrogen) atoms. The van der Waals surface area contributed by atoms with Crippen molar-refractivity contribution in [1.82, 2.24) is 15.1 Å². The number of nitrogens with zero attached hydrogens (tertiary/aromatic N) is 4. The summed E-state index contributed by atoms with van der Waals surface area (Å²) in [7, 11) is 2.14. The van der Waals surface area contributed by atoms with Crippen molar-refractivity contribution in [3.05, 3.63) is 17.8 Å². The first kappa shape index (κ1) is 10.3. The van der Waals surface area contributed by atoms with E-state index < -0.39 is 0 Å². The van der Waals surface area contributed by atoms with Gasteiger partial charge in [0.05, 0.1) is 6.20 Å². The Kier molecular flexibility index (Phi) is 3.13. The second-order valence-corrected chi connectivity index (χ2v) is 3.87. The zero-order valence-corrected chi connectivity index (χ0v) is 9.06. The highest BCUT2D eigenvalue weighted by molar-refractivity contribution is 5.45. The molecule has 2 rings (SSSR count). The Morgan fingerprint density at radius 2 is 2.07 bits per heavy atom. The van der Waals surface area contributed by atoms with Crippen molar-refractivity contribution in [3.63, 3.8) is 0 Å². The minimum atomic E-state index is 0.525. The lowest BCUT2D eigenvalue weighted by molar-refractivity contribution is 0.311. The summed E-state index contributed by atoms with van der Waals surface area (Å²) in [6.45, 7) is 4.67. The summed E-state index contributed by atoms with van der Waals surface area (Å²) < 4.78 is 0. The Morgan fingerprint density at radius 1 is 1.33 bits per heavy atom. The molecule has 0 atom stereocenters. The van der Waals surface area contributed by atoms with Gasteiger partial charge >= 0.3 is 0 Å². The first-order chi connectivity index (χ1) is 7.31. The molecule has 1 fully saturated rings. The Labute approximate surface area is 89.9 Å². The SMILES string of the molecule is CN1CCN(c2nnccc2CN)CC1. The quantitative estimate of drug-likeness (QED) is 0.720. The molecule has 0 bridgehead atoms. The fraction of sp³-hybridized carbons (Fsp3) is 0.600. The van der Waals surface area contributed by atoms with Crippen molar-refractivity contribution in [2.24, 2.45) is 5.73 Å². The van der Waals surface area contributed by atoms with Crippen LogP contribution in [0.3, 0.4) is 0 Å². The first-order valence-electron chi connectivity index (χ1n) is 5.25. The molecule has 0 saturated carbocycles. The van der Waals surface area contributed by atoms with Gasteiger partial charge in [0.2, 0.25) is 0 Å². The molecule has 1 aromatic heterocycles. The molecule has 0 aromatic carbocycles. The van der Waals surface area contributed by atoms with Gasteiger partial charge in [0.25, 0.3) is 0 Å². The van der Waals surface area contributed by atoms with E-state index in [1.165, 1.54) is 0 Å². The Balaban J connectivity index is 2.15. The molecule has 0 unspecified atom stereocenters. The van der Waals surface area contributed by atoms with Gasteiger partial charge in [-0.3, -0.25) is 0 Å². The average Bonchev–Trinajstić information content (AvgIpc) is 2.30. The fourth-order valence-corrected chi connectivity index (χ4v) is 1.79. The van der Waals surface area contributed by atoms with Crippen LogP contribution in [0.25, 0.3) is 0 Å². The summed E-state index contributed by atoms with van der Waals surface area (Å²) in [4.78, 5) is 4.57. The molecule has 1 aliphatic rings. The number of likely N-dealkylation sites (N-methyl/N-ethyl adjacent to an activating group) is 1. The van der Waals surface area contributed by atoms with E-state index in [0.717, 1.165) is 37.6 Å². The minimum Gasteiger partial charge on any atom is -0.352 e. The maximum Gasteiger partial charge on any atom is 0.155 e. The standard InChI is InChI=1S/C10H17N5/c1-14-4-6-15(7-5-14)10-9(8-11)2-3-12-13-10/h2-3H,4-8,11H2,1H3. The van der Waals surface area contributed by atoms with Crippen LogP contribution in [0.1, 0.15) is 5.56 Å². The molecular formula is C10H17N5. The average molecular weight is 207 g/mol. The predicted molar refractivity (Wildman–Crippen MR) is 59.6 cm³/mol. The lowest BCUT2D eigenvalue weighted by atomic mass is 10.2. The van der Waals surface area contributed by atoms with Crippen molar-refractivity contribution >= 4 is 5.82 Å². The summed E-state index contributed by atoms with van der Waals surface area (Å²) in [6, 6.07) is 1.95. The molecule has 2 N–H and O–H groups in total. The van der Waals surface area contributed by atoms with Crippen molar-refractivity contribution in [3.8, 4) is 0 Å². The normalized spacial score (nSPS) is 18.1. The van der Waals surface area contributed by atoms with E-state index in [-0.39, 0.29) is 0 Å². The van der Waals surface area contributed by atoms with Crippen LogP contribution >= 0.6 is 0 Å². The lowest BCUT2D eigenvalue weighted by Crippen LogP contribution is -2.45. The summed E-state index contributed by atoms with van der Waals surface area (Å²) >= 11 is 0. The van der Waals surface area contributed by atoms with E-state index in [0.29, 0.717) is 6.54 Å². The highest BCUT2D eigenvalue weighted by Gasteiger charge is 2.17. The Bertz CT molecular complexity index is 319. The highest BCUT2D eigenvalue weighted by Crippen LogP contribution is 2.16. The molecule has 0 spiro atoms. The summed E-state index contributed by atoms with van der Waals surface area (Å²) in [5.41, 5.74) is 6.76. The monoisotopic (exact) mass is 207 g/mol. The molecule has 0 radical (unpaired) electrons. The third kappa shape index (κ3) is 2.24. The van der Waals surface area contributed by atoms with E-state index in [1.807, 2.05) is 6.07 Å². The van der Waals surface area contributed by atoms with E-state index >= 15 is 0 Å². The van der Waals surface area contributed by atoms with Crippen LogP contribution in [0.15, 0.2) is 12.3 Å². The predicted octanol–water partition coefficient (Wildman–Crippen LogP) is -0.313. The van der Waals surface area contributed by atoms with Gasteiger partial charge in [-0.05, 0) is 13.1 Å². The molecule has 5 nitrogen and oxygen atoms in total. The van der Waals surface area contributed by atoms with Gasteiger partial charge in [-0.2, -0.15) is 5.10 Å². The molecule has 0 aliphatic carbocycles.